The normalized spacial score (nSPS) is 13.7. The first kappa shape index (κ1) is 23.3. The molecule has 2 amide bonds. The third-order valence-electron chi connectivity index (χ3n) is 5.96. The van der Waals surface area contributed by atoms with Gasteiger partial charge in [-0.2, -0.15) is 0 Å². The van der Waals surface area contributed by atoms with Gasteiger partial charge in [-0.1, -0.05) is 53.0 Å². The zero-order valence-corrected chi connectivity index (χ0v) is 19.8. The molecule has 168 valence electrons. The molecule has 1 aromatic heterocycles. The number of aromatic nitrogens is 1. The smallest absolute Gasteiger partial charge is 0.270 e. The minimum absolute atomic E-state index is 0.00473. The van der Waals surface area contributed by atoms with Crippen molar-refractivity contribution in [1.29, 1.82) is 0 Å². The predicted molar refractivity (Wildman–Crippen MR) is 125 cm³/mol. The minimum atomic E-state index is -0.153. The Morgan fingerprint density at radius 2 is 2.06 bits per heavy atom. The van der Waals surface area contributed by atoms with E-state index in [4.69, 9.17) is 4.74 Å². The van der Waals surface area contributed by atoms with E-state index in [0.29, 0.717) is 24.5 Å². The number of carbonyl (C=O) groups excluding carboxylic acids is 2. The van der Waals surface area contributed by atoms with E-state index in [0.717, 1.165) is 30.0 Å². The summed E-state index contributed by atoms with van der Waals surface area (Å²) in [7, 11) is 0. The average Bonchev–Trinajstić information content (AvgIpc) is 3.24. The first-order valence-electron chi connectivity index (χ1n) is 11.2. The Labute approximate surface area is 189 Å². The van der Waals surface area contributed by atoms with Crippen LogP contribution in [0.2, 0.25) is 0 Å². The number of amides is 2. The molecule has 1 aromatic carbocycles. The summed E-state index contributed by atoms with van der Waals surface area (Å²) in [5.74, 6) is 0.451. The first-order chi connectivity index (χ1) is 14.9. The van der Waals surface area contributed by atoms with Gasteiger partial charge in [0.05, 0.1) is 12.2 Å². The van der Waals surface area contributed by atoms with E-state index in [1.807, 2.05) is 12.1 Å². The maximum absolute atomic E-state index is 12.7. The van der Waals surface area contributed by atoms with Gasteiger partial charge < -0.3 is 10.1 Å². The zero-order chi connectivity index (χ0) is 22.4. The molecule has 0 fully saturated rings. The molecule has 0 saturated heterocycles. The molecule has 0 bridgehead atoms. The highest BCUT2D eigenvalue weighted by Crippen LogP contribution is 2.38. The van der Waals surface area contributed by atoms with Crippen molar-refractivity contribution in [3.63, 3.8) is 0 Å². The topological polar surface area (TPSA) is 71.5 Å². The van der Waals surface area contributed by atoms with Crippen molar-refractivity contribution in [3.05, 3.63) is 39.8 Å². The number of thiazole rings is 1. The number of anilines is 1. The van der Waals surface area contributed by atoms with Crippen LogP contribution in [0.1, 0.15) is 80.9 Å². The molecule has 31 heavy (non-hydrogen) atoms. The van der Waals surface area contributed by atoms with Crippen LogP contribution in [0.4, 0.5) is 5.69 Å². The van der Waals surface area contributed by atoms with Gasteiger partial charge in [0.2, 0.25) is 0 Å². The quantitative estimate of drug-likeness (QED) is 0.521. The number of benzene rings is 1. The second-order valence-corrected chi connectivity index (χ2v) is 9.57. The highest BCUT2D eigenvalue weighted by Gasteiger charge is 2.29. The van der Waals surface area contributed by atoms with E-state index in [9.17, 15) is 9.59 Å². The van der Waals surface area contributed by atoms with Crippen molar-refractivity contribution in [2.75, 3.05) is 18.1 Å². The monoisotopic (exact) mass is 443 g/mol. The standard InChI is InChI=1S/C24H33N3O3S/c1-5-7-8-9-12-25-23(29)18-16-31-21(26-18)14-27-19-13-17(24(3,4)6-2)10-11-20(19)30-15-22(27)28/h10-11,13,16H,5-9,12,14-15H2,1-4H3,(H,25,29). The van der Waals surface area contributed by atoms with E-state index >= 15 is 0 Å². The summed E-state index contributed by atoms with van der Waals surface area (Å²) in [6.07, 6.45) is 5.44. The lowest BCUT2D eigenvalue weighted by Crippen LogP contribution is -2.38. The largest absolute Gasteiger partial charge is 0.482 e. The summed E-state index contributed by atoms with van der Waals surface area (Å²) < 4.78 is 5.65. The number of hydrogen-bond donors (Lipinski definition) is 1. The highest BCUT2D eigenvalue weighted by molar-refractivity contribution is 7.09. The Hall–Kier alpha value is -2.41. The maximum atomic E-state index is 12.7. The molecular formula is C24H33N3O3S. The second-order valence-electron chi connectivity index (χ2n) is 8.63. The van der Waals surface area contributed by atoms with E-state index in [2.05, 4.69) is 44.1 Å². The molecule has 0 aliphatic carbocycles. The fraction of sp³-hybridized carbons (Fsp3) is 0.542. The third-order valence-corrected chi connectivity index (χ3v) is 6.79. The summed E-state index contributed by atoms with van der Waals surface area (Å²) in [6.45, 7) is 9.72. The molecule has 1 aliphatic rings. The van der Waals surface area contributed by atoms with Gasteiger partial charge in [0.15, 0.2) is 6.61 Å². The molecule has 0 saturated carbocycles. The minimum Gasteiger partial charge on any atom is -0.482 e. The van der Waals surface area contributed by atoms with Crippen LogP contribution in [-0.2, 0) is 16.8 Å². The number of nitrogens with one attached hydrogen (secondary N) is 1. The number of rotatable bonds is 10. The molecule has 1 aliphatic heterocycles. The van der Waals surface area contributed by atoms with Crippen molar-refractivity contribution in [3.8, 4) is 5.75 Å². The molecule has 2 aromatic rings. The molecule has 2 heterocycles. The van der Waals surface area contributed by atoms with Crippen LogP contribution in [0.15, 0.2) is 23.6 Å². The van der Waals surface area contributed by atoms with Crippen LogP contribution in [-0.4, -0.2) is 29.9 Å². The number of ether oxygens (including phenoxy) is 1. The van der Waals surface area contributed by atoms with Crippen molar-refractivity contribution in [2.45, 2.75) is 71.8 Å². The Kier molecular flexibility index (Phi) is 7.70. The van der Waals surface area contributed by atoms with Crippen molar-refractivity contribution < 1.29 is 14.3 Å². The van der Waals surface area contributed by atoms with Crippen LogP contribution < -0.4 is 15.0 Å². The second kappa shape index (κ2) is 10.3. The summed E-state index contributed by atoms with van der Waals surface area (Å²) >= 11 is 1.40. The van der Waals surface area contributed by atoms with Gasteiger partial charge >= 0.3 is 0 Å². The van der Waals surface area contributed by atoms with Gasteiger partial charge in [0.1, 0.15) is 16.5 Å². The van der Waals surface area contributed by atoms with E-state index in [-0.39, 0.29) is 23.8 Å². The van der Waals surface area contributed by atoms with E-state index in [1.165, 1.54) is 29.7 Å². The molecule has 7 heteroatoms. The molecule has 3 rings (SSSR count). The van der Waals surface area contributed by atoms with E-state index < -0.39 is 0 Å². The van der Waals surface area contributed by atoms with Crippen LogP contribution >= 0.6 is 11.3 Å². The molecule has 0 radical (unpaired) electrons. The number of unbranched alkanes of at least 4 members (excludes halogenated alkanes) is 3. The summed E-state index contributed by atoms with van der Waals surface area (Å²) in [5.41, 5.74) is 2.36. The van der Waals surface area contributed by atoms with Crippen LogP contribution in [0.3, 0.4) is 0 Å². The van der Waals surface area contributed by atoms with Gasteiger partial charge in [-0.05, 0) is 36.0 Å². The van der Waals surface area contributed by atoms with Crippen molar-refractivity contribution in [1.82, 2.24) is 10.3 Å². The van der Waals surface area contributed by atoms with Gasteiger partial charge in [0.25, 0.3) is 11.8 Å². The zero-order valence-electron chi connectivity index (χ0n) is 19.0. The lowest BCUT2D eigenvalue weighted by atomic mass is 9.82. The molecular weight excluding hydrogens is 410 g/mol. The SMILES string of the molecule is CCCCCCNC(=O)c1csc(CN2C(=O)COc3ccc(C(C)(C)CC)cc32)n1. The molecule has 0 spiro atoms. The number of carbonyl (C=O) groups is 2. The number of hydrogen-bond acceptors (Lipinski definition) is 5. The average molecular weight is 444 g/mol. The van der Waals surface area contributed by atoms with Crippen molar-refractivity contribution in [2.24, 2.45) is 0 Å². The number of fused-ring (bicyclic) bond motifs is 1. The third kappa shape index (κ3) is 5.64. The molecule has 6 nitrogen and oxygen atoms in total. The number of nitrogens with zero attached hydrogens (tertiary/aromatic N) is 2. The molecule has 1 N–H and O–H groups in total. The summed E-state index contributed by atoms with van der Waals surface area (Å²) in [4.78, 5) is 31.2. The highest BCUT2D eigenvalue weighted by atomic mass is 32.1. The van der Waals surface area contributed by atoms with Gasteiger partial charge in [0, 0.05) is 11.9 Å². The summed E-state index contributed by atoms with van der Waals surface area (Å²) in [6, 6.07) is 6.07. The van der Waals surface area contributed by atoms with Gasteiger partial charge in [-0.3, -0.25) is 14.5 Å². The van der Waals surface area contributed by atoms with Crippen LogP contribution in [0.5, 0.6) is 5.75 Å². The van der Waals surface area contributed by atoms with Gasteiger partial charge in [-0.15, -0.1) is 11.3 Å². The van der Waals surface area contributed by atoms with Gasteiger partial charge in [-0.25, -0.2) is 4.98 Å². The maximum Gasteiger partial charge on any atom is 0.270 e. The molecule has 0 atom stereocenters. The first-order valence-corrected chi connectivity index (χ1v) is 12.0. The Morgan fingerprint density at radius 1 is 1.26 bits per heavy atom. The Bertz CT molecular complexity index is 923. The van der Waals surface area contributed by atoms with Crippen LogP contribution in [0.25, 0.3) is 0 Å². The lowest BCUT2D eigenvalue weighted by Gasteiger charge is -2.31. The van der Waals surface area contributed by atoms with E-state index in [1.54, 1.807) is 10.3 Å². The summed E-state index contributed by atoms with van der Waals surface area (Å²) in [5, 5.41) is 5.43. The fourth-order valence-electron chi connectivity index (χ4n) is 3.47. The Morgan fingerprint density at radius 3 is 2.81 bits per heavy atom. The van der Waals surface area contributed by atoms with Crippen LogP contribution in [0, 0.1) is 0 Å². The fourth-order valence-corrected chi connectivity index (χ4v) is 4.23. The Balaban J connectivity index is 1.71. The predicted octanol–water partition coefficient (Wildman–Crippen LogP) is 5.07. The lowest BCUT2D eigenvalue weighted by molar-refractivity contribution is -0.121. The molecule has 0 unspecified atom stereocenters. The van der Waals surface area contributed by atoms with Crippen molar-refractivity contribution >= 4 is 28.8 Å².